The van der Waals surface area contributed by atoms with Crippen molar-refractivity contribution in [2.75, 3.05) is 0 Å². The van der Waals surface area contributed by atoms with E-state index in [1.54, 1.807) is 6.55 Å². The van der Waals surface area contributed by atoms with Crippen molar-refractivity contribution in [2.45, 2.75) is 99.2 Å². The van der Waals surface area contributed by atoms with E-state index in [0.29, 0.717) is 0 Å². The molecule has 0 aliphatic heterocycles. The molecule has 2 aliphatic carbocycles. The molecule has 4 aromatic carbocycles. The fourth-order valence-corrected chi connectivity index (χ4v) is 31.1. The van der Waals surface area contributed by atoms with Crippen molar-refractivity contribution in [3.63, 3.8) is 0 Å². The van der Waals surface area contributed by atoms with Gasteiger partial charge in [-0.1, -0.05) is 0 Å². The van der Waals surface area contributed by atoms with Crippen LogP contribution in [0.25, 0.3) is 11.1 Å². The summed E-state index contributed by atoms with van der Waals surface area (Å²) in [6.07, 6.45) is 9.12. The Morgan fingerprint density at radius 2 is 1.09 bits per heavy atom. The molecule has 1 heteroatoms. The van der Waals surface area contributed by atoms with Crippen molar-refractivity contribution in [3.05, 3.63) is 146 Å². The first-order valence-corrected chi connectivity index (χ1v) is 23.9. The van der Waals surface area contributed by atoms with Crippen LogP contribution in [0, 0.1) is 0 Å². The Morgan fingerprint density at radius 3 is 1.57 bits per heavy atom. The molecule has 0 N–H and O–H groups in total. The summed E-state index contributed by atoms with van der Waals surface area (Å²) in [7, 11) is 0. The number of hydrogen-bond donors (Lipinski definition) is 0. The quantitative estimate of drug-likeness (QED) is 0.167. The van der Waals surface area contributed by atoms with Gasteiger partial charge < -0.3 is 0 Å². The normalized spacial score (nSPS) is 15.5. The molecular formula is C45H54Zr. The first-order valence-electron chi connectivity index (χ1n) is 17.2. The summed E-state index contributed by atoms with van der Waals surface area (Å²) in [6.45, 7) is 24.4. The van der Waals surface area contributed by atoms with Crippen LogP contribution in [0.15, 0.2) is 113 Å². The summed E-state index contributed by atoms with van der Waals surface area (Å²) in [5, 5.41) is 0. The third kappa shape index (κ3) is 4.51. The second kappa shape index (κ2) is 10.8. The van der Waals surface area contributed by atoms with E-state index in [9.17, 15) is 0 Å². The zero-order chi connectivity index (χ0) is 33.4. The van der Waals surface area contributed by atoms with E-state index < -0.39 is 18.3 Å². The number of fused-ring (bicyclic) bond motifs is 3. The minimum absolute atomic E-state index is 0.0157. The summed E-state index contributed by atoms with van der Waals surface area (Å²) in [4.78, 5) is 0. The van der Waals surface area contributed by atoms with Gasteiger partial charge >= 0.3 is 282 Å². The van der Waals surface area contributed by atoms with Crippen LogP contribution in [0.2, 0.25) is 0 Å². The maximum atomic E-state index is 5.97. The van der Waals surface area contributed by atoms with E-state index in [1.807, 2.05) is 0 Å². The summed E-state index contributed by atoms with van der Waals surface area (Å²) in [6, 6.07) is 35.3. The van der Waals surface area contributed by atoms with Crippen LogP contribution in [0.5, 0.6) is 0 Å². The summed E-state index contributed by atoms with van der Waals surface area (Å²) >= 11 is -4.97. The molecule has 0 heterocycles. The molecule has 0 radical (unpaired) electrons. The third-order valence-electron chi connectivity index (χ3n) is 12.6. The van der Waals surface area contributed by atoms with Gasteiger partial charge in [-0.15, -0.1) is 0 Å². The molecule has 0 aromatic heterocycles. The number of allylic oxidation sites excluding steroid dienone is 4. The van der Waals surface area contributed by atoms with Gasteiger partial charge in [0.1, 0.15) is 0 Å². The summed E-state index contributed by atoms with van der Waals surface area (Å²) in [5.41, 5.74) is 11.5. The van der Waals surface area contributed by atoms with Gasteiger partial charge in [-0.3, -0.25) is 0 Å². The molecule has 0 saturated heterocycles. The number of hydrogen-bond acceptors (Lipinski definition) is 0. The molecule has 4 aromatic rings. The molecule has 0 amide bonds. The van der Waals surface area contributed by atoms with Gasteiger partial charge in [-0.25, -0.2) is 0 Å². The van der Waals surface area contributed by atoms with E-state index in [2.05, 4.69) is 178 Å². The number of benzene rings is 4. The summed E-state index contributed by atoms with van der Waals surface area (Å²) < 4.78 is 8.71. The second-order valence-corrected chi connectivity index (χ2v) is 33.6. The van der Waals surface area contributed by atoms with Crippen molar-refractivity contribution >= 4 is 7.48 Å². The minimum atomic E-state index is -4.97. The van der Waals surface area contributed by atoms with Gasteiger partial charge in [0.25, 0.3) is 0 Å². The average molecular weight is 686 g/mol. The predicted octanol–water partition coefficient (Wildman–Crippen LogP) is 11.3. The zero-order valence-corrected chi connectivity index (χ0v) is 32.5. The van der Waals surface area contributed by atoms with E-state index in [0.717, 1.165) is 12.8 Å². The van der Waals surface area contributed by atoms with Crippen LogP contribution in [-0.4, -0.2) is 4.21 Å². The predicted molar refractivity (Wildman–Crippen MR) is 200 cm³/mol. The third-order valence-corrected chi connectivity index (χ3v) is 36.0. The fraction of sp³-hybridized carbons (Fsp3) is 0.356. The first kappa shape index (κ1) is 33.0. The first-order chi connectivity index (χ1) is 21.4. The Labute approximate surface area is 280 Å². The second-order valence-electron chi connectivity index (χ2n) is 17.4. The van der Waals surface area contributed by atoms with Crippen LogP contribution in [0.3, 0.4) is 0 Å². The Balaban J connectivity index is 1.85. The van der Waals surface area contributed by atoms with Crippen molar-refractivity contribution < 1.29 is 18.3 Å². The van der Waals surface area contributed by atoms with Crippen molar-refractivity contribution in [1.82, 2.24) is 0 Å². The molecule has 0 unspecified atom stereocenters. The molecule has 0 atom stereocenters. The monoisotopic (exact) mass is 684 g/mol. The Bertz CT molecular complexity index is 1870. The van der Waals surface area contributed by atoms with E-state index in [1.165, 1.54) is 44.5 Å². The fourth-order valence-electron chi connectivity index (χ4n) is 9.30. The van der Waals surface area contributed by atoms with E-state index in [-0.39, 0.29) is 17.1 Å². The van der Waals surface area contributed by atoms with E-state index in [4.69, 9.17) is 4.21 Å². The van der Waals surface area contributed by atoms with Crippen molar-refractivity contribution in [3.8, 4) is 11.1 Å². The zero-order valence-electron chi connectivity index (χ0n) is 30.0. The number of rotatable bonds is 6. The molecule has 0 saturated carbocycles. The molecule has 6 rings (SSSR count). The molecule has 238 valence electrons. The van der Waals surface area contributed by atoms with E-state index >= 15 is 0 Å². The van der Waals surface area contributed by atoms with Gasteiger partial charge in [0.05, 0.1) is 0 Å². The average Bonchev–Trinajstić information content (AvgIpc) is 3.69. The molecule has 2 aliphatic rings. The molecule has 0 bridgehead atoms. The van der Waals surface area contributed by atoms with Crippen LogP contribution in [0.1, 0.15) is 109 Å². The van der Waals surface area contributed by atoms with Crippen LogP contribution >= 0.6 is 0 Å². The summed E-state index contributed by atoms with van der Waals surface area (Å²) in [5.74, 6) is 0. The maximum absolute atomic E-state index is 5.97. The molecule has 0 nitrogen and oxygen atoms in total. The van der Waals surface area contributed by atoms with Gasteiger partial charge in [0, 0.05) is 0 Å². The molecule has 46 heavy (non-hydrogen) atoms. The van der Waals surface area contributed by atoms with Gasteiger partial charge in [0.15, 0.2) is 0 Å². The molecule has 0 fully saturated rings. The van der Waals surface area contributed by atoms with Crippen LogP contribution in [-0.2, 0) is 41.8 Å². The Kier molecular flexibility index (Phi) is 7.77. The topological polar surface area (TPSA) is 0 Å². The Morgan fingerprint density at radius 1 is 0.565 bits per heavy atom. The Hall–Kier alpha value is -2.89. The van der Waals surface area contributed by atoms with Gasteiger partial charge in [-0.2, -0.15) is 0 Å². The van der Waals surface area contributed by atoms with Gasteiger partial charge in [0.2, 0.25) is 0 Å². The standard InChI is InChI=1S/C21H25.2C9H11.C5H5.CH2.Zr/c1-20(2,3)16-9-7-14-11-15-8-10-17(21(4,5)6)13-19(15)18(14)12-16;2*1-8(2)9-6-4-3-5-7-9;1-2-4-5-3-1;;/h7,9-10,12-13H,11H2,1-6H3;2*3-7H,1-2H3;1-3H,4H2;1H2;. The molecule has 0 spiro atoms. The van der Waals surface area contributed by atoms with Crippen LogP contribution in [0.4, 0.5) is 0 Å². The van der Waals surface area contributed by atoms with Crippen molar-refractivity contribution in [2.24, 2.45) is 0 Å². The van der Waals surface area contributed by atoms with Crippen molar-refractivity contribution in [1.29, 1.82) is 0 Å². The van der Waals surface area contributed by atoms with Crippen LogP contribution < -0.4 is 3.27 Å². The molecular weight excluding hydrogens is 632 g/mol. The van der Waals surface area contributed by atoms with Gasteiger partial charge in [-0.05, 0) is 0 Å². The SMILES string of the molecule is [CH2]=[Zr]([C]1=CC=CC1)([c]1cc(C(C)(C)C)cc2c1Cc1ccc(C(C)(C)C)cc1-2)([C](C)(C)c1ccccc1)[C](C)(C)c1ccccc1.